The molecule has 2 aliphatic rings. The molecule has 1 fully saturated rings. The zero-order valence-corrected chi connectivity index (χ0v) is 19.4. The average Bonchev–Trinajstić information content (AvgIpc) is 3.17. The van der Waals surface area contributed by atoms with E-state index < -0.39 is 24.4 Å². The molecule has 0 amide bonds. The highest BCUT2D eigenvalue weighted by Crippen LogP contribution is 2.46. The van der Waals surface area contributed by atoms with Crippen molar-refractivity contribution >= 4 is 11.6 Å². The van der Waals surface area contributed by atoms with Gasteiger partial charge in [0, 0.05) is 18.4 Å². The lowest BCUT2D eigenvalue weighted by molar-refractivity contribution is -0.126. The average molecular weight is 460 g/mol. The Balaban J connectivity index is 1.70. The number of hydrogen-bond acceptors (Lipinski definition) is 6. The van der Waals surface area contributed by atoms with Crippen LogP contribution in [-0.4, -0.2) is 41.2 Å². The van der Waals surface area contributed by atoms with Crippen LogP contribution in [0.15, 0.2) is 35.5 Å². The summed E-state index contributed by atoms with van der Waals surface area (Å²) < 4.78 is 12.1. The Labute approximate surface area is 193 Å². The zero-order chi connectivity index (χ0) is 23.0. The van der Waals surface area contributed by atoms with E-state index >= 15 is 0 Å². The van der Waals surface area contributed by atoms with Crippen LogP contribution in [0.5, 0.6) is 5.75 Å². The Morgan fingerprint density at radius 3 is 2.59 bits per heavy atom. The molecule has 2 N–H and O–H groups in total. The van der Waals surface area contributed by atoms with Crippen molar-refractivity contribution in [3.8, 4) is 5.75 Å². The lowest BCUT2D eigenvalue weighted by atomic mass is 9.87. The van der Waals surface area contributed by atoms with Crippen molar-refractivity contribution in [3.05, 3.63) is 68.1 Å². The standard InChI is InChI=1S/C25H30ClNO5/c1-13(2)16-6-4-15(5-7-16)9-17-10-18(19-8-14(3)31-25(19)23(17)26)21-11-20(29)24(27-30)22(12-28)32-21/h4-7,10,13-14,20-22,24,28-29H,8-9,11-12H2,1-3H3/t14?,20?,21?,22?,24-/m0/s1. The second-order valence-corrected chi connectivity index (χ2v) is 9.57. The molecule has 32 heavy (non-hydrogen) atoms. The minimum Gasteiger partial charge on any atom is -0.488 e. The van der Waals surface area contributed by atoms with Crippen LogP contribution < -0.4 is 4.74 Å². The predicted molar refractivity (Wildman–Crippen MR) is 123 cm³/mol. The van der Waals surface area contributed by atoms with Crippen LogP contribution in [0.25, 0.3) is 0 Å². The van der Waals surface area contributed by atoms with Gasteiger partial charge in [-0.15, -0.1) is 0 Å². The first-order valence-corrected chi connectivity index (χ1v) is 11.6. The molecule has 2 aromatic carbocycles. The second kappa shape index (κ2) is 9.48. The maximum Gasteiger partial charge on any atom is 0.146 e. The highest BCUT2D eigenvalue weighted by Gasteiger charge is 2.41. The smallest absolute Gasteiger partial charge is 0.146 e. The Morgan fingerprint density at radius 2 is 1.97 bits per heavy atom. The SMILES string of the molecule is CC1Cc2c(C3CC(O)[C@H](N=O)C(CO)O3)cc(Cc3ccc(C(C)C)cc3)c(Cl)c2O1. The molecule has 172 valence electrons. The summed E-state index contributed by atoms with van der Waals surface area (Å²) in [6, 6.07) is 9.56. The normalized spacial score (nSPS) is 27.3. The minimum atomic E-state index is -0.985. The van der Waals surface area contributed by atoms with Gasteiger partial charge in [-0.1, -0.05) is 61.0 Å². The highest BCUT2D eigenvalue weighted by molar-refractivity contribution is 6.33. The van der Waals surface area contributed by atoms with E-state index in [-0.39, 0.29) is 19.1 Å². The molecule has 0 spiro atoms. The molecular formula is C25H30ClNO5. The summed E-state index contributed by atoms with van der Waals surface area (Å²) in [5.74, 6) is 1.13. The van der Waals surface area contributed by atoms with Crippen LogP contribution in [-0.2, 0) is 17.6 Å². The maximum absolute atomic E-state index is 11.1. The van der Waals surface area contributed by atoms with Crippen molar-refractivity contribution in [1.82, 2.24) is 0 Å². The van der Waals surface area contributed by atoms with Crippen LogP contribution >= 0.6 is 11.6 Å². The number of nitrogens with zero attached hydrogens (tertiary/aromatic N) is 1. The molecule has 0 aromatic heterocycles. The number of benzene rings is 2. The van der Waals surface area contributed by atoms with E-state index in [9.17, 15) is 15.1 Å². The van der Waals surface area contributed by atoms with E-state index in [1.807, 2.05) is 13.0 Å². The fourth-order valence-corrected chi connectivity index (χ4v) is 4.99. The van der Waals surface area contributed by atoms with Gasteiger partial charge >= 0.3 is 0 Å². The third-order valence-corrected chi connectivity index (χ3v) is 6.92. The minimum absolute atomic E-state index is 0.0200. The van der Waals surface area contributed by atoms with Gasteiger partial charge in [-0.25, -0.2) is 0 Å². The summed E-state index contributed by atoms with van der Waals surface area (Å²) in [6.07, 6.45) is -0.802. The number of nitroso groups, excluding NO2 is 1. The van der Waals surface area contributed by atoms with Crippen molar-refractivity contribution in [2.45, 2.75) is 76.4 Å². The van der Waals surface area contributed by atoms with E-state index in [1.54, 1.807) is 0 Å². The fraction of sp³-hybridized carbons (Fsp3) is 0.520. The largest absolute Gasteiger partial charge is 0.488 e. The first-order valence-electron chi connectivity index (χ1n) is 11.2. The molecular weight excluding hydrogens is 430 g/mol. The lowest BCUT2D eigenvalue weighted by Crippen LogP contribution is -2.46. The summed E-state index contributed by atoms with van der Waals surface area (Å²) in [5.41, 5.74) is 5.19. The summed E-state index contributed by atoms with van der Waals surface area (Å²) >= 11 is 6.78. The van der Waals surface area contributed by atoms with Crippen LogP contribution in [0.3, 0.4) is 0 Å². The Hall–Kier alpha value is -1.99. The highest BCUT2D eigenvalue weighted by atomic mass is 35.5. The molecule has 6 nitrogen and oxygen atoms in total. The van der Waals surface area contributed by atoms with Gasteiger partial charge in [0.2, 0.25) is 0 Å². The maximum atomic E-state index is 11.1. The molecule has 2 aromatic rings. The molecule has 2 aliphatic heterocycles. The Morgan fingerprint density at radius 1 is 1.25 bits per heavy atom. The Bertz CT molecular complexity index is 977. The van der Waals surface area contributed by atoms with Crippen molar-refractivity contribution in [2.75, 3.05) is 6.61 Å². The number of halogens is 1. The molecule has 0 bridgehead atoms. The third kappa shape index (κ3) is 4.42. The van der Waals surface area contributed by atoms with Crippen LogP contribution in [0.1, 0.15) is 67.0 Å². The van der Waals surface area contributed by atoms with Crippen molar-refractivity contribution in [2.24, 2.45) is 5.18 Å². The van der Waals surface area contributed by atoms with Gasteiger partial charge in [0.25, 0.3) is 0 Å². The fourth-order valence-electron chi connectivity index (χ4n) is 4.71. The van der Waals surface area contributed by atoms with E-state index in [2.05, 4.69) is 43.3 Å². The summed E-state index contributed by atoms with van der Waals surface area (Å²) in [6.45, 7) is 5.94. The Kier molecular flexibility index (Phi) is 6.86. The molecule has 1 saturated heterocycles. The quantitative estimate of drug-likeness (QED) is 0.611. The van der Waals surface area contributed by atoms with Crippen molar-refractivity contribution in [3.63, 3.8) is 0 Å². The van der Waals surface area contributed by atoms with Crippen LogP contribution in [0.2, 0.25) is 5.02 Å². The number of aliphatic hydroxyl groups is 2. The molecule has 0 radical (unpaired) electrons. The number of rotatable bonds is 6. The molecule has 4 unspecified atom stereocenters. The summed E-state index contributed by atoms with van der Waals surface area (Å²) in [7, 11) is 0. The summed E-state index contributed by atoms with van der Waals surface area (Å²) in [5, 5.41) is 23.7. The van der Waals surface area contributed by atoms with Gasteiger partial charge < -0.3 is 19.7 Å². The molecule has 5 atom stereocenters. The molecule has 0 aliphatic carbocycles. The number of hydrogen-bond donors (Lipinski definition) is 2. The van der Waals surface area contributed by atoms with Gasteiger partial charge in [0.05, 0.1) is 23.8 Å². The van der Waals surface area contributed by atoms with Gasteiger partial charge in [0.15, 0.2) is 0 Å². The van der Waals surface area contributed by atoms with Gasteiger partial charge in [-0.3, -0.25) is 0 Å². The van der Waals surface area contributed by atoms with E-state index in [4.69, 9.17) is 21.1 Å². The second-order valence-electron chi connectivity index (χ2n) is 9.20. The van der Waals surface area contributed by atoms with E-state index in [0.29, 0.717) is 29.5 Å². The predicted octanol–water partition coefficient (Wildman–Crippen LogP) is 4.70. The van der Waals surface area contributed by atoms with E-state index in [1.165, 1.54) is 5.56 Å². The monoisotopic (exact) mass is 459 g/mol. The molecule has 4 rings (SSSR count). The molecule has 7 heteroatoms. The lowest BCUT2D eigenvalue weighted by Gasteiger charge is -2.36. The topological polar surface area (TPSA) is 88.4 Å². The van der Waals surface area contributed by atoms with Gasteiger partial charge in [0.1, 0.15) is 24.0 Å². The van der Waals surface area contributed by atoms with Crippen molar-refractivity contribution < 1.29 is 19.7 Å². The molecule has 0 saturated carbocycles. The first-order chi connectivity index (χ1) is 15.3. The summed E-state index contributed by atoms with van der Waals surface area (Å²) in [4.78, 5) is 11.1. The number of aliphatic hydroxyl groups excluding tert-OH is 2. The first kappa shape index (κ1) is 23.2. The number of ether oxygens (including phenoxy) is 2. The van der Waals surface area contributed by atoms with Crippen LogP contribution in [0, 0.1) is 4.91 Å². The van der Waals surface area contributed by atoms with Crippen molar-refractivity contribution in [1.29, 1.82) is 0 Å². The van der Waals surface area contributed by atoms with Crippen LogP contribution in [0.4, 0.5) is 0 Å². The van der Waals surface area contributed by atoms with Gasteiger partial charge in [-0.05, 0) is 41.5 Å². The number of fused-ring (bicyclic) bond motifs is 1. The third-order valence-electron chi connectivity index (χ3n) is 6.50. The molecule has 2 heterocycles. The van der Waals surface area contributed by atoms with Gasteiger partial charge in [-0.2, -0.15) is 4.91 Å². The zero-order valence-electron chi connectivity index (χ0n) is 18.6. The van der Waals surface area contributed by atoms with E-state index in [0.717, 1.165) is 22.3 Å².